The molecule has 0 amide bonds. The zero-order chi connectivity index (χ0) is 15.6. The Labute approximate surface area is 121 Å². The molecule has 1 aromatic heterocycles. The largest absolute Gasteiger partial charge is 0.416 e. The summed E-state index contributed by atoms with van der Waals surface area (Å²) in [6.07, 6.45) is -5.39. The fourth-order valence-electron chi connectivity index (χ4n) is 2.35. The SMILES string of the molecule is Cc1cc(C)n(C[C@@H](O)Cc2ccccc2C(F)(F)F)n1. The standard InChI is InChI=1S/C15H17F3N2O/c1-10-7-11(2)20(19-10)9-13(21)8-12-5-3-4-6-14(12)15(16,17)18/h3-7,13,21H,8-9H2,1-2H3/t13-/m0/s1. The third-order valence-corrected chi connectivity index (χ3v) is 3.27. The summed E-state index contributed by atoms with van der Waals surface area (Å²) in [5, 5.41) is 14.2. The van der Waals surface area contributed by atoms with E-state index in [4.69, 9.17) is 0 Å². The van der Waals surface area contributed by atoms with Crippen LogP contribution in [-0.4, -0.2) is 21.0 Å². The third-order valence-electron chi connectivity index (χ3n) is 3.27. The van der Waals surface area contributed by atoms with E-state index in [0.29, 0.717) is 0 Å². The van der Waals surface area contributed by atoms with E-state index < -0.39 is 17.8 Å². The van der Waals surface area contributed by atoms with Gasteiger partial charge in [0.1, 0.15) is 0 Å². The molecular formula is C15H17F3N2O. The molecule has 0 unspecified atom stereocenters. The summed E-state index contributed by atoms with van der Waals surface area (Å²) in [5.41, 5.74) is 1.09. The number of aliphatic hydroxyl groups excluding tert-OH is 1. The Hall–Kier alpha value is -1.82. The van der Waals surface area contributed by atoms with Gasteiger partial charge < -0.3 is 5.11 Å². The summed E-state index contributed by atoms with van der Waals surface area (Å²) in [5.74, 6) is 0. The molecule has 1 N–H and O–H groups in total. The maximum Gasteiger partial charge on any atom is 0.416 e. The molecule has 0 aliphatic carbocycles. The first-order valence-corrected chi connectivity index (χ1v) is 6.61. The second kappa shape index (κ2) is 5.89. The van der Waals surface area contributed by atoms with Crippen molar-refractivity contribution in [3.63, 3.8) is 0 Å². The maximum atomic E-state index is 12.9. The van der Waals surface area contributed by atoms with Crippen molar-refractivity contribution in [1.82, 2.24) is 9.78 Å². The number of aryl methyl sites for hydroxylation is 2. The summed E-state index contributed by atoms with van der Waals surface area (Å²) in [4.78, 5) is 0. The molecule has 2 aromatic rings. The Kier molecular flexibility index (Phi) is 4.37. The average molecular weight is 298 g/mol. The fourth-order valence-corrected chi connectivity index (χ4v) is 2.35. The van der Waals surface area contributed by atoms with Crippen molar-refractivity contribution in [1.29, 1.82) is 0 Å². The van der Waals surface area contributed by atoms with Gasteiger partial charge in [-0.15, -0.1) is 0 Å². The molecule has 0 bridgehead atoms. The van der Waals surface area contributed by atoms with Crippen LogP contribution >= 0.6 is 0 Å². The lowest BCUT2D eigenvalue weighted by molar-refractivity contribution is -0.138. The maximum absolute atomic E-state index is 12.9. The normalized spacial score (nSPS) is 13.4. The number of nitrogens with zero attached hydrogens (tertiary/aromatic N) is 2. The van der Waals surface area contributed by atoms with Crippen molar-refractivity contribution < 1.29 is 18.3 Å². The van der Waals surface area contributed by atoms with Crippen LogP contribution in [0.3, 0.4) is 0 Å². The van der Waals surface area contributed by atoms with Gasteiger partial charge in [-0.05, 0) is 31.5 Å². The first-order chi connectivity index (χ1) is 9.77. The zero-order valence-electron chi connectivity index (χ0n) is 11.9. The highest BCUT2D eigenvalue weighted by molar-refractivity contribution is 5.30. The topological polar surface area (TPSA) is 38.0 Å². The predicted molar refractivity (Wildman–Crippen MR) is 72.9 cm³/mol. The van der Waals surface area contributed by atoms with Crippen molar-refractivity contribution in [3.05, 3.63) is 52.8 Å². The van der Waals surface area contributed by atoms with Crippen LogP contribution in [-0.2, 0) is 19.1 Å². The third kappa shape index (κ3) is 3.85. The van der Waals surface area contributed by atoms with Crippen molar-refractivity contribution in [3.8, 4) is 0 Å². The van der Waals surface area contributed by atoms with Crippen LogP contribution in [0.4, 0.5) is 13.2 Å². The number of aliphatic hydroxyl groups is 1. The number of halogens is 3. The van der Waals surface area contributed by atoms with E-state index in [1.54, 1.807) is 10.7 Å². The number of benzene rings is 1. The number of rotatable bonds is 4. The molecule has 0 saturated carbocycles. The number of alkyl halides is 3. The van der Waals surface area contributed by atoms with Gasteiger partial charge in [0, 0.05) is 12.1 Å². The van der Waals surface area contributed by atoms with Crippen LogP contribution in [0.5, 0.6) is 0 Å². The molecule has 0 spiro atoms. The van der Waals surface area contributed by atoms with Crippen LogP contribution in [0.1, 0.15) is 22.5 Å². The Morgan fingerprint density at radius 3 is 2.48 bits per heavy atom. The summed E-state index contributed by atoms with van der Waals surface area (Å²) in [6.45, 7) is 3.84. The molecule has 21 heavy (non-hydrogen) atoms. The highest BCUT2D eigenvalue weighted by atomic mass is 19.4. The second-order valence-electron chi connectivity index (χ2n) is 5.12. The molecule has 1 heterocycles. The van der Waals surface area contributed by atoms with E-state index in [1.807, 2.05) is 19.9 Å². The van der Waals surface area contributed by atoms with E-state index in [2.05, 4.69) is 5.10 Å². The first kappa shape index (κ1) is 15.6. The predicted octanol–water partition coefficient (Wildman–Crippen LogP) is 3.12. The first-order valence-electron chi connectivity index (χ1n) is 6.61. The van der Waals surface area contributed by atoms with Crippen molar-refractivity contribution in [2.24, 2.45) is 0 Å². The number of hydrogen-bond acceptors (Lipinski definition) is 2. The van der Waals surface area contributed by atoms with Gasteiger partial charge in [-0.25, -0.2) is 0 Å². The average Bonchev–Trinajstić information content (AvgIpc) is 2.67. The van der Waals surface area contributed by atoms with Crippen LogP contribution in [0.15, 0.2) is 30.3 Å². The van der Waals surface area contributed by atoms with Gasteiger partial charge in [-0.1, -0.05) is 18.2 Å². The van der Waals surface area contributed by atoms with Gasteiger partial charge in [-0.2, -0.15) is 18.3 Å². The van der Waals surface area contributed by atoms with E-state index in [-0.39, 0.29) is 18.5 Å². The summed E-state index contributed by atoms with van der Waals surface area (Å²) < 4.78 is 40.3. The van der Waals surface area contributed by atoms with Crippen LogP contribution in [0, 0.1) is 13.8 Å². The Morgan fingerprint density at radius 2 is 1.90 bits per heavy atom. The van der Waals surface area contributed by atoms with Crippen molar-refractivity contribution in [2.45, 2.75) is 39.1 Å². The summed E-state index contributed by atoms with van der Waals surface area (Å²) >= 11 is 0. The molecule has 114 valence electrons. The molecule has 2 rings (SSSR count). The molecule has 0 aliphatic rings. The van der Waals surface area contributed by atoms with Gasteiger partial charge in [0.25, 0.3) is 0 Å². The zero-order valence-corrected chi connectivity index (χ0v) is 11.9. The smallest absolute Gasteiger partial charge is 0.391 e. The number of hydrogen-bond donors (Lipinski definition) is 1. The van der Waals surface area contributed by atoms with Gasteiger partial charge >= 0.3 is 6.18 Å². The quantitative estimate of drug-likeness (QED) is 0.942. The molecule has 1 aromatic carbocycles. The van der Waals surface area contributed by atoms with Crippen LogP contribution in [0.2, 0.25) is 0 Å². The van der Waals surface area contributed by atoms with Crippen LogP contribution in [0.25, 0.3) is 0 Å². The summed E-state index contributed by atoms with van der Waals surface area (Å²) in [7, 11) is 0. The molecule has 0 saturated heterocycles. The van der Waals surface area contributed by atoms with Gasteiger partial charge in [0.05, 0.1) is 23.9 Å². The van der Waals surface area contributed by atoms with E-state index in [9.17, 15) is 18.3 Å². The lowest BCUT2D eigenvalue weighted by Crippen LogP contribution is -2.22. The molecule has 0 fully saturated rings. The second-order valence-corrected chi connectivity index (χ2v) is 5.12. The van der Waals surface area contributed by atoms with Gasteiger partial charge in [0.15, 0.2) is 0 Å². The van der Waals surface area contributed by atoms with E-state index in [0.717, 1.165) is 17.5 Å². The lowest BCUT2D eigenvalue weighted by Gasteiger charge is -2.16. The molecule has 0 radical (unpaired) electrons. The molecule has 0 aliphatic heterocycles. The van der Waals surface area contributed by atoms with Gasteiger partial charge in [0.2, 0.25) is 0 Å². The van der Waals surface area contributed by atoms with Crippen molar-refractivity contribution >= 4 is 0 Å². The fraction of sp³-hybridized carbons (Fsp3) is 0.400. The highest BCUT2D eigenvalue weighted by Gasteiger charge is 2.33. The monoisotopic (exact) mass is 298 g/mol. The molecular weight excluding hydrogens is 281 g/mol. The Morgan fingerprint density at radius 1 is 1.24 bits per heavy atom. The van der Waals surface area contributed by atoms with E-state index in [1.165, 1.54) is 12.1 Å². The molecule has 6 heteroatoms. The minimum Gasteiger partial charge on any atom is -0.391 e. The highest BCUT2D eigenvalue weighted by Crippen LogP contribution is 2.32. The van der Waals surface area contributed by atoms with Gasteiger partial charge in [-0.3, -0.25) is 4.68 Å². The van der Waals surface area contributed by atoms with E-state index >= 15 is 0 Å². The molecule has 1 atom stereocenters. The Bertz CT molecular complexity index is 620. The minimum absolute atomic E-state index is 0.0615. The van der Waals surface area contributed by atoms with Crippen LogP contribution < -0.4 is 0 Å². The summed E-state index contributed by atoms with van der Waals surface area (Å²) in [6, 6.07) is 7.18. The lowest BCUT2D eigenvalue weighted by atomic mass is 10.0. The minimum atomic E-state index is -4.41. The van der Waals surface area contributed by atoms with Crippen molar-refractivity contribution in [2.75, 3.05) is 0 Å². The molecule has 3 nitrogen and oxygen atoms in total. The Balaban J connectivity index is 2.13. The number of aromatic nitrogens is 2.